The van der Waals surface area contributed by atoms with Crippen LogP contribution in [0.3, 0.4) is 0 Å². The molecule has 1 aromatic carbocycles. The quantitative estimate of drug-likeness (QED) is 0.719. The first-order valence-corrected chi connectivity index (χ1v) is 10.0. The minimum absolute atomic E-state index is 0.0268. The van der Waals surface area contributed by atoms with Gasteiger partial charge in [-0.05, 0) is 24.6 Å². The molecule has 0 atom stereocenters. The molecular formula is C15H15ClN2O5S2. The van der Waals surface area contributed by atoms with E-state index < -0.39 is 16.0 Å². The molecule has 1 saturated heterocycles. The van der Waals surface area contributed by atoms with Gasteiger partial charge in [-0.15, -0.1) is 4.40 Å². The summed E-state index contributed by atoms with van der Waals surface area (Å²) in [6.45, 7) is 3.40. The van der Waals surface area contributed by atoms with E-state index >= 15 is 0 Å². The monoisotopic (exact) mass is 402 g/mol. The molecule has 2 aliphatic heterocycles. The lowest BCUT2D eigenvalue weighted by atomic mass is 10.2. The van der Waals surface area contributed by atoms with Crippen molar-refractivity contribution in [1.82, 2.24) is 4.90 Å². The summed E-state index contributed by atoms with van der Waals surface area (Å²) >= 11 is 7.16. The molecule has 0 amide bonds. The van der Waals surface area contributed by atoms with E-state index in [4.69, 9.17) is 16.3 Å². The van der Waals surface area contributed by atoms with Crippen LogP contribution in [0.2, 0.25) is 5.02 Å². The summed E-state index contributed by atoms with van der Waals surface area (Å²) in [6.07, 6.45) is 0.970. The molecule has 10 heteroatoms. The standard InChI is InChI=1S/C15H15ClN2O5S2/c1-9-6-13-11(7-10(9)16)24-12(8-14(19)20)15(17-25(13,21)22)18-2-4-23-5-3-18/h6-8H,2-5H2,1H3,(H,19,20)/b12-8-. The van der Waals surface area contributed by atoms with Crippen LogP contribution < -0.4 is 0 Å². The van der Waals surface area contributed by atoms with Gasteiger partial charge in [0.05, 0.1) is 18.1 Å². The Labute approximate surface area is 154 Å². The van der Waals surface area contributed by atoms with Crippen LogP contribution in [0.15, 0.2) is 37.3 Å². The molecule has 0 spiro atoms. The molecule has 2 aliphatic rings. The summed E-state index contributed by atoms with van der Waals surface area (Å²) in [5.41, 5.74) is 0.610. The van der Waals surface area contributed by atoms with Gasteiger partial charge >= 0.3 is 5.97 Å². The van der Waals surface area contributed by atoms with Crippen LogP contribution in [-0.4, -0.2) is 56.5 Å². The lowest BCUT2D eigenvalue weighted by Crippen LogP contribution is -2.41. The number of ether oxygens (including phenoxy) is 1. The van der Waals surface area contributed by atoms with Crippen molar-refractivity contribution in [3.05, 3.63) is 33.7 Å². The van der Waals surface area contributed by atoms with E-state index in [1.54, 1.807) is 11.8 Å². The van der Waals surface area contributed by atoms with Crippen LogP contribution in [-0.2, 0) is 19.6 Å². The van der Waals surface area contributed by atoms with Crippen LogP contribution in [0.5, 0.6) is 0 Å². The summed E-state index contributed by atoms with van der Waals surface area (Å²) < 4.78 is 34.7. The number of nitrogens with zero attached hydrogens (tertiary/aromatic N) is 2. The summed E-state index contributed by atoms with van der Waals surface area (Å²) in [5, 5.41) is 9.60. The largest absolute Gasteiger partial charge is 0.478 e. The maximum Gasteiger partial charge on any atom is 0.329 e. The molecule has 1 aromatic rings. The second-order valence-corrected chi connectivity index (χ2v) is 8.55. The van der Waals surface area contributed by atoms with Crippen molar-refractivity contribution in [2.24, 2.45) is 4.40 Å². The highest BCUT2D eigenvalue weighted by Gasteiger charge is 2.31. The van der Waals surface area contributed by atoms with Crippen molar-refractivity contribution in [2.75, 3.05) is 26.3 Å². The van der Waals surface area contributed by atoms with E-state index in [1.807, 2.05) is 0 Å². The fourth-order valence-electron chi connectivity index (χ4n) is 2.49. The van der Waals surface area contributed by atoms with Gasteiger partial charge in [-0.3, -0.25) is 0 Å². The molecular weight excluding hydrogens is 388 g/mol. The van der Waals surface area contributed by atoms with E-state index in [0.717, 1.165) is 17.8 Å². The van der Waals surface area contributed by atoms with Gasteiger partial charge in [0, 0.05) is 29.1 Å². The average Bonchev–Trinajstić information content (AvgIpc) is 2.64. The van der Waals surface area contributed by atoms with Crippen LogP contribution >= 0.6 is 23.4 Å². The Bertz CT molecular complexity index is 889. The van der Waals surface area contributed by atoms with Gasteiger partial charge in [-0.25, -0.2) is 4.79 Å². The first-order valence-electron chi connectivity index (χ1n) is 7.38. The number of morpholine rings is 1. The highest BCUT2D eigenvalue weighted by atomic mass is 35.5. The molecule has 0 aromatic heterocycles. The van der Waals surface area contributed by atoms with E-state index in [1.165, 1.54) is 12.1 Å². The first kappa shape index (κ1) is 18.2. The second kappa shape index (κ2) is 6.99. The third kappa shape index (κ3) is 3.84. The molecule has 2 heterocycles. The first-order chi connectivity index (χ1) is 11.8. The number of carboxylic acid groups (broad SMARTS) is 1. The zero-order valence-electron chi connectivity index (χ0n) is 13.2. The number of aliphatic carboxylic acids is 1. The number of fused-ring (bicyclic) bond motifs is 1. The molecule has 0 unspecified atom stereocenters. The fourth-order valence-corrected chi connectivity index (χ4v) is 5.39. The molecule has 1 N–H and O–H groups in total. The summed E-state index contributed by atoms with van der Waals surface area (Å²) in [6, 6.07) is 2.99. The minimum atomic E-state index is -3.99. The topological polar surface area (TPSA) is 96.3 Å². The van der Waals surface area contributed by atoms with Crippen molar-refractivity contribution < 1.29 is 23.1 Å². The Hall–Kier alpha value is -1.55. The second-order valence-electron chi connectivity index (χ2n) is 5.49. The summed E-state index contributed by atoms with van der Waals surface area (Å²) in [5.74, 6) is -1.05. The zero-order valence-corrected chi connectivity index (χ0v) is 15.6. The normalized spacial score (nSPS) is 21.4. The summed E-state index contributed by atoms with van der Waals surface area (Å²) in [7, 11) is -3.99. The zero-order chi connectivity index (χ0) is 18.2. The fraction of sp³-hybridized carbons (Fsp3) is 0.333. The third-order valence-corrected chi connectivity index (χ3v) is 6.64. The van der Waals surface area contributed by atoms with E-state index in [-0.39, 0.29) is 15.6 Å². The van der Waals surface area contributed by atoms with Crippen molar-refractivity contribution in [3.8, 4) is 0 Å². The number of hydrogen-bond donors (Lipinski definition) is 1. The number of thioether (sulfide) groups is 1. The highest BCUT2D eigenvalue weighted by molar-refractivity contribution is 8.05. The third-order valence-electron chi connectivity index (χ3n) is 3.72. The number of carboxylic acids is 1. The maximum atomic E-state index is 12.8. The molecule has 0 radical (unpaired) electrons. The molecule has 134 valence electrons. The minimum Gasteiger partial charge on any atom is -0.478 e. The molecule has 0 saturated carbocycles. The highest BCUT2D eigenvalue weighted by Crippen LogP contribution is 2.40. The summed E-state index contributed by atoms with van der Waals surface area (Å²) in [4.78, 5) is 13.6. The number of aryl methyl sites for hydroxylation is 1. The molecule has 1 fully saturated rings. The number of amidine groups is 1. The number of sulfonamides is 1. The predicted molar refractivity (Wildman–Crippen MR) is 94.8 cm³/mol. The molecule has 0 bridgehead atoms. The lowest BCUT2D eigenvalue weighted by Gasteiger charge is -2.29. The van der Waals surface area contributed by atoms with Crippen LogP contribution in [0.4, 0.5) is 0 Å². The van der Waals surface area contributed by atoms with E-state index in [9.17, 15) is 18.3 Å². The maximum absolute atomic E-state index is 12.8. The molecule has 3 rings (SSSR count). The van der Waals surface area contributed by atoms with Gasteiger partial charge < -0.3 is 14.7 Å². The number of carbonyl (C=O) groups is 1. The Kier molecular flexibility index (Phi) is 5.10. The molecule has 25 heavy (non-hydrogen) atoms. The van der Waals surface area contributed by atoms with Crippen LogP contribution in [0, 0.1) is 6.92 Å². The van der Waals surface area contributed by atoms with E-state index in [2.05, 4.69) is 4.40 Å². The van der Waals surface area contributed by atoms with E-state index in [0.29, 0.717) is 41.8 Å². The van der Waals surface area contributed by atoms with Crippen molar-refractivity contribution in [1.29, 1.82) is 0 Å². The Balaban J connectivity index is 2.19. The van der Waals surface area contributed by atoms with Crippen molar-refractivity contribution >= 4 is 45.2 Å². The Morgan fingerprint density at radius 3 is 2.72 bits per heavy atom. The predicted octanol–water partition coefficient (Wildman–Crippen LogP) is 2.14. The van der Waals surface area contributed by atoms with Gasteiger partial charge in [-0.1, -0.05) is 23.4 Å². The smallest absolute Gasteiger partial charge is 0.329 e. The van der Waals surface area contributed by atoms with Crippen LogP contribution in [0.1, 0.15) is 5.56 Å². The SMILES string of the molecule is Cc1cc2c(cc1Cl)S/C(=C\C(=O)O)C(N1CCOCC1)=NS2(=O)=O. The van der Waals surface area contributed by atoms with Crippen LogP contribution in [0.25, 0.3) is 0 Å². The molecule has 0 aliphatic carbocycles. The van der Waals surface area contributed by atoms with Crippen molar-refractivity contribution in [2.45, 2.75) is 16.7 Å². The van der Waals surface area contributed by atoms with Gasteiger partial charge in [0.15, 0.2) is 5.84 Å². The number of rotatable bonds is 1. The van der Waals surface area contributed by atoms with Crippen molar-refractivity contribution in [3.63, 3.8) is 0 Å². The van der Waals surface area contributed by atoms with Gasteiger partial charge in [0.2, 0.25) is 0 Å². The van der Waals surface area contributed by atoms with Gasteiger partial charge in [0.25, 0.3) is 10.0 Å². The Morgan fingerprint density at radius 2 is 2.08 bits per heavy atom. The molecule has 7 nitrogen and oxygen atoms in total. The number of hydrogen-bond acceptors (Lipinski definition) is 6. The number of benzene rings is 1. The number of halogens is 1. The van der Waals surface area contributed by atoms with Gasteiger partial charge in [-0.2, -0.15) is 8.42 Å². The lowest BCUT2D eigenvalue weighted by molar-refractivity contribution is -0.131. The van der Waals surface area contributed by atoms with Gasteiger partial charge in [0.1, 0.15) is 4.90 Å². The average molecular weight is 403 g/mol. The Morgan fingerprint density at radius 1 is 1.40 bits per heavy atom.